The summed E-state index contributed by atoms with van der Waals surface area (Å²) < 4.78 is 23.0. The minimum Gasteiger partial charge on any atom is -0.317 e. The van der Waals surface area contributed by atoms with Crippen molar-refractivity contribution in [1.29, 1.82) is 0 Å². The third kappa shape index (κ3) is 6.15. The molecule has 0 spiro atoms. The Kier molecular flexibility index (Phi) is 7.18. The second-order valence-corrected chi connectivity index (χ2v) is 6.98. The Morgan fingerprint density at radius 3 is 2.20 bits per heavy atom. The molecule has 0 aromatic rings. The monoisotopic (exact) mass is 235 g/mol. The highest BCUT2D eigenvalue weighted by atomic mass is 32.2. The molecule has 0 fully saturated rings. The highest BCUT2D eigenvalue weighted by Gasteiger charge is 2.15. The van der Waals surface area contributed by atoms with Gasteiger partial charge in [0.25, 0.3) is 0 Å². The van der Waals surface area contributed by atoms with Crippen LogP contribution in [0.3, 0.4) is 0 Å². The van der Waals surface area contributed by atoms with Gasteiger partial charge in [0.05, 0.1) is 11.0 Å². The largest absolute Gasteiger partial charge is 0.317 e. The topological polar surface area (TPSA) is 46.2 Å². The molecule has 0 bridgehead atoms. The Bertz CT molecular complexity index is 243. The Balaban J connectivity index is 3.72. The van der Waals surface area contributed by atoms with Crippen molar-refractivity contribution in [2.45, 2.75) is 57.7 Å². The summed E-state index contributed by atoms with van der Waals surface area (Å²) in [6.07, 6.45) is 3.96. The van der Waals surface area contributed by atoms with E-state index in [-0.39, 0.29) is 5.25 Å². The first kappa shape index (κ1) is 14.9. The standard InChI is InChI=1S/C11H25NO2S/c1-5-11(12-4)8-6-7-9-15(13,14)10(2)3/h10-12H,5-9H2,1-4H3. The lowest BCUT2D eigenvalue weighted by Crippen LogP contribution is -2.24. The van der Waals surface area contributed by atoms with Crippen molar-refractivity contribution in [3.63, 3.8) is 0 Å². The SMILES string of the molecule is CCC(CCCCS(=O)(=O)C(C)C)NC. The van der Waals surface area contributed by atoms with Crippen molar-refractivity contribution in [1.82, 2.24) is 5.32 Å². The minimum atomic E-state index is -2.83. The molecular formula is C11H25NO2S. The molecule has 1 N–H and O–H groups in total. The zero-order chi connectivity index (χ0) is 11.9. The molecule has 0 radical (unpaired) electrons. The molecule has 0 heterocycles. The van der Waals surface area contributed by atoms with Crippen molar-refractivity contribution in [3.8, 4) is 0 Å². The summed E-state index contributed by atoms with van der Waals surface area (Å²) >= 11 is 0. The Hall–Kier alpha value is -0.0900. The zero-order valence-corrected chi connectivity index (χ0v) is 11.2. The minimum absolute atomic E-state index is 0.233. The molecule has 0 aliphatic rings. The lowest BCUT2D eigenvalue weighted by Gasteiger charge is -2.13. The molecule has 0 aromatic carbocycles. The summed E-state index contributed by atoms with van der Waals surface area (Å²) in [7, 11) is -0.873. The number of rotatable bonds is 8. The van der Waals surface area contributed by atoms with Gasteiger partial charge < -0.3 is 5.32 Å². The summed E-state index contributed by atoms with van der Waals surface area (Å²) in [6.45, 7) is 5.64. The van der Waals surface area contributed by atoms with Crippen LogP contribution < -0.4 is 5.32 Å². The first-order chi connectivity index (χ1) is 6.94. The van der Waals surface area contributed by atoms with Crippen LogP contribution in [0.2, 0.25) is 0 Å². The van der Waals surface area contributed by atoms with Gasteiger partial charge in [-0.15, -0.1) is 0 Å². The van der Waals surface area contributed by atoms with Gasteiger partial charge in [-0.05, 0) is 40.2 Å². The van der Waals surface area contributed by atoms with Crippen molar-refractivity contribution < 1.29 is 8.42 Å². The fourth-order valence-electron chi connectivity index (χ4n) is 1.48. The molecule has 0 aromatic heterocycles. The second-order valence-electron chi connectivity index (χ2n) is 4.31. The lowest BCUT2D eigenvalue weighted by atomic mass is 10.1. The van der Waals surface area contributed by atoms with Gasteiger partial charge in [-0.3, -0.25) is 0 Å². The van der Waals surface area contributed by atoms with E-state index in [9.17, 15) is 8.42 Å². The second kappa shape index (κ2) is 7.23. The number of nitrogens with one attached hydrogen (secondary N) is 1. The van der Waals surface area contributed by atoms with Gasteiger partial charge in [0.15, 0.2) is 9.84 Å². The summed E-state index contributed by atoms with van der Waals surface area (Å²) in [5, 5.41) is 2.99. The third-order valence-electron chi connectivity index (χ3n) is 2.85. The number of hydrogen-bond donors (Lipinski definition) is 1. The van der Waals surface area contributed by atoms with E-state index in [1.54, 1.807) is 13.8 Å². The first-order valence-electron chi connectivity index (χ1n) is 5.82. The Labute approximate surface area is 94.6 Å². The first-order valence-corrected chi connectivity index (χ1v) is 7.54. The van der Waals surface area contributed by atoms with E-state index in [1.165, 1.54) is 0 Å². The summed E-state index contributed by atoms with van der Waals surface area (Å²) in [6, 6.07) is 0.534. The maximum Gasteiger partial charge on any atom is 0.152 e. The quantitative estimate of drug-likeness (QED) is 0.654. The average Bonchev–Trinajstić information content (AvgIpc) is 2.18. The van der Waals surface area contributed by atoms with Crippen LogP contribution >= 0.6 is 0 Å². The van der Waals surface area contributed by atoms with Crippen molar-refractivity contribution in [3.05, 3.63) is 0 Å². The van der Waals surface area contributed by atoms with Crippen LogP contribution in [0.5, 0.6) is 0 Å². The van der Waals surface area contributed by atoms with Crippen molar-refractivity contribution in [2.24, 2.45) is 0 Å². The Morgan fingerprint density at radius 2 is 1.80 bits per heavy atom. The summed E-state index contributed by atoms with van der Waals surface area (Å²) in [5.41, 5.74) is 0. The molecule has 0 saturated carbocycles. The van der Waals surface area contributed by atoms with Gasteiger partial charge in [-0.1, -0.05) is 13.3 Å². The maximum absolute atomic E-state index is 11.5. The molecule has 0 saturated heterocycles. The smallest absolute Gasteiger partial charge is 0.152 e. The molecule has 92 valence electrons. The van der Waals surface area contributed by atoms with Gasteiger partial charge in [-0.2, -0.15) is 0 Å². The van der Waals surface area contributed by atoms with Crippen LogP contribution in [-0.2, 0) is 9.84 Å². The van der Waals surface area contributed by atoms with E-state index in [4.69, 9.17) is 0 Å². The molecule has 0 rings (SSSR count). The van der Waals surface area contributed by atoms with Crippen LogP contribution in [0.1, 0.15) is 46.5 Å². The molecule has 15 heavy (non-hydrogen) atoms. The van der Waals surface area contributed by atoms with Gasteiger partial charge in [-0.25, -0.2) is 8.42 Å². The van der Waals surface area contributed by atoms with E-state index in [0.717, 1.165) is 25.7 Å². The maximum atomic E-state index is 11.5. The lowest BCUT2D eigenvalue weighted by molar-refractivity contribution is 0.487. The van der Waals surface area contributed by atoms with Gasteiger partial charge in [0, 0.05) is 6.04 Å². The fraction of sp³-hybridized carbons (Fsp3) is 1.00. The normalized spacial score (nSPS) is 14.5. The molecule has 1 unspecified atom stereocenters. The third-order valence-corrected chi connectivity index (χ3v) is 5.14. The predicted molar refractivity (Wildman–Crippen MR) is 65.9 cm³/mol. The van der Waals surface area contributed by atoms with Gasteiger partial charge >= 0.3 is 0 Å². The predicted octanol–water partition coefficient (Wildman–Crippen LogP) is 1.98. The molecule has 3 nitrogen and oxygen atoms in total. The van der Waals surface area contributed by atoms with Crippen LogP contribution in [0.15, 0.2) is 0 Å². The number of hydrogen-bond acceptors (Lipinski definition) is 3. The van der Waals surface area contributed by atoms with Crippen LogP contribution in [0.4, 0.5) is 0 Å². The highest BCUT2D eigenvalue weighted by Crippen LogP contribution is 2.08. The van der Waals surface area contributed by atoms with Crippen LogP contribution in [0.25, 0.3) is 0 Å². The van der Waals surface area contributed by atoms with Crippen LogP contribution in [0, 0.1) is 0 Å². The van der Waals surface area contributed by atoms with Crippen LogP contribution in [-0.4, -0.2) is 32.5 Å². The zero-order valence-electron chi connectivity index (χ0n) is 10.4. The molecule has 0 amide bonds. The average molecular weight is 235 g/mol. The molecule has 0 aliphatic carbocycles. The molecule has 0 aliphatic heterocycles. The highest BCUT2D eigenvalue weighted by molar-refractivity contribution is 7.91. The molecule has 1 atom stereocenters. The Morgan fingerprint density at radius 1 is 1.20 bits per heavy atom. The molecule has 4 heteroatoms. The van der Waals surface area contributed by atoms with E-state index >= 15 is 0 Å². The van der Waals surface area contributed by atoms with Crippen molar-refractivity contribution in [2.75, 3.05) is 12.8 Å². The summed E-state index contributed by atoms with van der Waals surface area (Å²) in [5.74, 6) is 0.338. The van der Waals surface area contributed by atoms with E-state index in [1.807, 2.05) is 7.05 Å². The number of sulfone groups is 1. The van der Waals surface area contributed by atoms with E-state index in [2.05, 4.69) is 12.2 Å². The van der Waals surface area contributed by atoms with E-state index in [0.29, 0.717) is 11.8 Å². The number of unbranched alkanes of at least 4 members (excludes halogenated alkanes) is 1. The molecular weight excluding hydrogens is 210 g/mol. The van der Waals surface area contributed by atoms with Gasteiger partial charge in [0.1, 0.15) is 0 Å². The van der Waals surface area contributed by atoms with E-state index < -0.39 is 9.84 Å². The fourth-order valence-corrected chi connectivity index (χ4v) is 2.56. The summed E-state index contributed by atoms with van der Waals surface area (Å²) in [4.78, 5) is 0. The van der Waals surface area contributed by atoms with Crippen molar-refractivity contribution >= 4 is 9.84 Å². The van der Waals surface area contributed by atoms with Gasteiger partial charge in [0.2, 0.25) is 0 Å².